The van der Waals surface area contributed by atoms with E-state index in [9.17, 15) is 14.4 Å². The standard InChI is InChI=1S/C26H50N4O6/c1-23(2,3)34-20(31)16-26(17-21(32)35-24(4,5)6)19-29-13-12-27-10-11-28-14-15-30(26)18-22(33)36-25(7,8)9/h27-29H,10-19H2,1-9H3. The Bertz CT molecular complexity index is 691. The first-order valence-electron chi connectivity index (χ1n) is 12.9. The van der Waals surface area contributed by atoms with Gasteiger partial charge in [0.25, 0.3) is 0 Å². The van der Waals surface area contributed by atoms with Gasteiger partial charge in [0.15, 0.2) is 0 Å². The Kier molecular flexibility index (Phi) is 12.3. The summed E-state index contributed by atoms with van der Waals surface area (Å²) in [5.41, 5.74) is -3.11. The Hall–Kier alpha value is -1.75. The highest BCUT2D eigenvalue weighted by Gasteiger charge is 2.44. The normalized spacial score (nSPS) is 18.9. The van der Waals surface area contributed by atoms with Gasteiger partial charge in [-0.15, -0.1) is 0 Å². The lowest BCUT2D eigenvalue weighted by Gasteiger charge is -2.44. The molecule has 0 bridgehead atoms. The van der Waals surface area contributed by atoms with E-state index in [1.165, 1.54) is 0 Å². The third kappa shape index (κ3) is 14.1. The summed E-state index contributed by atoms with van der Waals surface area (Å²) >= 11 is 0. The first kappa shape index (κ1) is 32.3. The molecule has 1 aliphatic heterocycles. The lowest BCUT2D eigenvalue weighted by atomic mass is 9.87. The zero-order chi connectivity index (χ0) is 27.6. The second-order valence-corrected chi connectivity index (χ2v) is 12.4. The van der Waals surface area contributed by atoms with Crippen LogP contribution in [0.4, 0.5) is 0 Å². The van der Waals surface area contributed by atoms with Crippen molar-refractivity contribution in [3.05, 3.63) is 0 Å². The number of nitrogens with one attached hydrogen (secondary N) is 3. The van der Waals surface area contributed by atoms with Crippen LogP contribution in [-0.4, -0.2) is 97.5 Å². The molecule has 3 N–H and O–H groups in total. The Morgan fingerprint density at radius 1 is 0.639 bits per heavy atom. The summed E-state index contributed by atoms with van der Waals surface area (Å²) in [5.74, 6) is -1.31. The van der Waals surface area contributed by atoms with Gasteiger partial charge in [0, 0.05) is 45.8 Å². The molecule has 0 amide bonds. The molecular weight excluding hydrogens is 464 g/mol. The van der Waals surface area contributed by atoms with Crippen LogP contribution in [0, 0.1) is 0 Å². The SMILES string of the molecule is CC(C)(C)OC(=O)CN1CCNCCNCCNCC1(CC(=O)OC(C)(C)C)CC(=O)OC(C)(C)C. The number of hydrogen-bond acceptors (Lipinski definition) is 10. The highest BCUT2D eigenvalue weighted by atomic mass is 16.6. The van der Waals surface area contributed by atoms with Gasteiger partial charge in [-0.25, -0.2) is 0 Å². The minimum atomic E-state index is -1.07. The van der Waals surface area contributed by atoms with Crippen molar-refractivity contribution in [2.45, 2.75) is 97.5 Å². The number of esters is 3. The van der Waals surface area contributed by atoms with Crippen LogP contribution < -0.4 is 16.0 Å². The largest absolute Gasteiger partial charge is 0.460 e. The molecular formula is C26H50N4O6. The second kappa shape index (κ2) is 13.7. The van der Waals surface area contributed by atoms with Gasteiger partial charge in [0.05, 0.1) is 24.9 Å². The molecule has 10 nitrogen and oxygen atoms in total. The third-order valence-electron chi connectivity index (χ3n) is 5.17. The number of carbonyl (C=O) groups is 3. The lowest BCUT2D eigenvalue weighted by molar-refractivity contribution is -0.168. The quantitative estimate of drug-likeness (QED) is 0.356. The van der Waals surface area contributed by atoms with Crippen molar-refractivity contribution in [3.8, 4) is 0 Å². The minimum Gasteiger partial charge on any atom is -0.460 e. The monoisotopic (exact) mass is 514 g/mol. The van der Waals surface area contributed by atoms with Gasteiger partial charge in [-0.05, 0) is 62.3 Å². The summed E-state index contributed by atoms with van der Waals surface area (Å²) in [7, 11) is 0. The van der Waals surface area contributed by atoms with Gasteiger partial charge >= 0.3 is 17.9 Å². The molecule has 36 heavy (non-hydrogen) atoms. The maximum atomic E-state index is 13.2. The highest BCUT2D eigenvalue weighted by molar-refractivity contribution is 5.77. The Balaban J connectivity index is 3.44. The molecule has 0 aromatic rings. The van der Waals surface area contributed by atoms with Crippen molar-refractivity contribution in [2.24, 2.45) is 0 Å². The van der Waals surface area contributed by atoms with Gasteiger partial charge in [-0.3, -0.25) is 19.3 Å². The van der Waals surface area contributed by atoms with Crippen LogP contribution in [0.2, 0.25) is 0 Å². The maximum Gasteiger partial charge on any atom is 0.320 e. The number of ether oxygens (including phenoxy) is 3. The van der Waals surface area contributed by atoms with E-state index in [2.05, 4.69) is 16.0 Å². The summed E-state index contributed by atoms with van der Waals surface area (Å²) in [6.07, 6.45) is -0.181. The van der Waals surface area contributed by atoms with Crippen LogP contribution >= 0.6 is 0 Å². The van der Waals surface area contributed by atoms with Crippen molar-refractivity contribution < 1.29 is 28.6 Å². The first-order chi connectivity index (χ1) is 16.4. The fourth-order valence-corrected chi connectivity index (χ4v) is 3.97. The van der Waals surface area contributed by atoms with Gasteiger partial charge in [0.2, 0.25) is 0 Å². The average molecular weight is 515 g/mol. The van der Waals surface area contributed by atoms with Crippen LogP contribution in [0.5, 0.6) is 0 Å². The Morgan fingerprint density at radius 3 is 1.47 bits per heavy atom. The van der Waals surface area contributed by atoms with E-state index in [0.717, 1.165) is 19.6 Å². The molecule has 210 valence electrons. The van der Waals surface area contributed by atoms with E-state index in [1.54, 1.807) is 41.5 Å². The van der Waals surface area contributed by atoms with E-state index in [-0.39, 0.29) is 25.9 Å². The van der Waals surface area contributed by atoms with Gasteiger partial charge in [-0.2, -0.15) is 0 Å². The predicted octanol–water partition coefficient (Wildman–Crippen LogP) is 1.61. The van der Waals surface area contributed by atoms with Crippen LogP contribution in [0.3, 0.4) is 0 Å². The molecule has 0 unspecified atom stereocenters. The summed E-state index contributed by atoms with van der Waals surface area (Å²) in [6, 6.07) is 0. The smallest absolute Gasteiger partial charge is 0.320 e. The third-order valence-corrected chi connectivity index (χ3v) is 5.17. The van der Waals surface area contributed by atoms with Crippen LogP contribution in [-0.2, 0) is 28.6 Å². The Morgan fingerprint density at radius 2 is 1.03 bits per heavy atom. The topological polar surface area (TPSA) is 118 Å². The summed E-state index contributed by atoms with van der Waals surface area (Å²) in [5, 5.41) is 10.1. The maximum absolute atomic E-state index is 13.2. The fourth-order valence-electron chi connectivity index (χ4n) is 3.97. The number of nitrogens with zero attached hydrogens (tertiary/aromatic N) is 1. The summed E-state index contributed by atoms with van der Waals surface area (Å²) in [6.45, 7) is 20.4. The molecule has 1 aliphatic rings. The second-order valence-electron chi connectivity index (χ2n) is 12.4. The predicted molar refractivity (Wildman–Crippen MR) is 140 cm³/mol. The average Bonchev–Trinajstić information content (AvgIpc) is 2.62. The number of carbonyl (C=O) groups excluding carboxylic acids is 3. The number of rotatable bonds is 6. The Labute approximate surface area is 217 Å². The molecule has 0 saturated carbocycles. The van der Waals surface area contributed by atoms with Gasteiger partial charge in [-0.1, -0.05) is 0 Å². The molecule has 0 atom stereocenters. The molecule has 10 heteroatoms. The minimum absolute atomic E-state index is 0.0789. The van der Waals surface area contributed by atoms with Crippen molar-refractivity contribution in [3.63, 3.8) is 0 Å². The van der Waals surface area contributed by atoms with E-state index >= 15 is 0 Å². The van der Waals surface area contributed by atoms with E-state index in [4.69, 9.17) is 14.2 Å². The molecule has 1 fully saturated rings. The van der Waals surface area contributed by atoms with Crippen molar-refractivity contribution in [2.75, 3.05) is 52.4 Å². The van der Waals surface area contributed by atoms with Crippen molar-refractivity contribution in [1.29, 1.82) is 0 Å². The summed E-state index contributed by atoms with van der Waals surface area (Å²) in [4.78, 5) is 41.2. The van der Waals surface area contributed by atoms with Crippen molar-refractivity contribution >= 4 is 17.9 Å². The fraction of sp³-hybridized carbons (Fsp3) is 0.885. The van der Waals surface area contributed by atoms with Gasteiger partial charge < -0.3 is 30.2 Å². The zero-order valence-electron chi connectivity index (χ0n) is 24.0. The molecule has 1 heterocycles. The molecule has 0 aliphatic carbocycles. The van der Waals surface area contributed by atoms with Crippen molar-refractivity contribution in [1.82, 2.24) is 20.9 Å². The highest BCUT2D eigenvalue weighted by Crippen LogP contribution is 2.28. The molecule has 0 aromatic heterocycles. The zero-order valence-corrected chi connectivity index (χ0v) is 24.0. The molecule has 0 spiro atoms. The molecule has 0 aromatic carbocycles. The molecule has 0 radical (unpaired) electrons. The number of hydrogen-bond donors (Lipinski definition) is 3. The van der Waals surface area contributed by atoms with Crippen LogP contribution in [0.1, 0.15) is 75.2 Å². The lowest BCUT2D eigenvalue weighted by Crippen LogP contribution is -2.61. The first-order valence-corrected chi connectivity index (χ1v) is 12.9. The van der Waals surface area contributed by atoms with Crippen LogP contribution in [0.15, 0.2) is 0 Å². The van der Waals surface area contributed by atoms with Crippen LogP contribution in [0.25, 0.3) is 0 Å². The van der Waals surface area contributed by atoms with Gasteiger partial charge in [0.1, 0.15) is 16.8 Å². The molecule has 1 rings (SSSR count). The summed E-state index contributed by atoms with van der Waals surface area (Å²) < 4.78 is 16.9. The van der Waals surface area contributed by atoms with E-state index in [1.807, 2.05) is 25.7 Å². The van der Waals surface area contributed by atoms with E-state index < -0.39 is 40.2 Å². The molecule has 1 saturated heterocycles. The van der Waals surface area contributed by atoms with E-state index in [0.29, 0.717) is 19.6 Å².